The van der Waals surface area contributed by atoms with Crippen molar-refractivity contribution < 1.29 is 18.3 Å². The standard InChI is InChI=1S/C22H28N2O4S/c1-3-24(4-2)29(27,28)19-11-12-21(25)20(15-19)23-22(26)14-16-9-10-17-7-5-6-8-18(17)13-16/h9-13,15,25H,3-8,14H2,1-2H3,(H,23,26). The molecule has 0 saturated heterocycles. The second kappa shape index (κ2) is 8.97. The first-order valence-corrected chi connectivity index (χ1v) is 11.5. The summed E-state index contributed by atoms with van der Waals surface area (Å²) in [5, 5.41) is 12.8. The van der Waals surface area contributed by atoms with Crippen LogP contribution < -0.4 is 5.32 Å². The number of sulfonamides is 1. The smallest absolute Gasteiger partial charge is 0.243 e. The molecule has 0 aliphatic heterocycles. The molecule has 2 N–H and O–H groups in total. The molecule has 1 aliphatic carbocycles. The van der Waals surface area contributed by atoms with Crippen LogP contribution in [0.15, 0.2) is 41.3 Å². The number of amides is 1. The van der Waals surface area contributed by atoms with Gasteiger partial charge in [-0.25, -0.2) is 8.42 Å². The van der Waals surface area contributed by atoms with Gasteiger partial charge in [-0.3, -0.25) is 4.79 Å². The molecule has 0 spiro atoms. The van der Waals surface area contributed by atoms with Gasteiger partial charge in [0, 0.05) is 13.1 Å². The molecule has 0 bridgehead atoms. The molecular weight excluding hydrogens is 388 g/mol. The van der Waals surface area contributed by atoms with Crippen molar-refractivity contribution >= 4 is 21.6 Å². The first kappa shape index (κ1) is 21.3. The van der Waals surface area contributed by atoms with E-state index in [1.54, 1.807) is 13.8 Å². The first-order chi connectivity index (χ1) is 13.8. The van der Waals surface area contributed by atoms with Gasteiger partial charge in [0.05, 0.1) is 17.0 Å². The molecule has 0 fully saturated rings. The molecule has 0 aromatic heterocycles. The number of phenolic OH excluding ortho intramolecular Hbond substituents is 1. The number of fused-ring (bicyclic) bond motifs is 1. The third kappa shape index (κ3) is 4.79. The molecule has 0 atom stereocenters. The Balaban J connectivity index is 1.77. The number of hydrogen-bond donors (Lipinski definition) is 2. The average Bonchev–Trinajstić information content (AvgIpc) is 2.70. The molecule has 3 rings (SSSR count). The van der Waals surface area contributed by atoms with E-state index in [0.29, 0.717) is 13.1 Å². The summed E-state index contributed by atoms with van der Waals surface area (Å²) in [5.74, 6) is -0.462. The molecule has 6 nitrogen and oxygen atoms in total. The predicted molar refractivity (Wildman–Crippen MR) is 114 cm³/mol. The summed E-state index contributed by atoms with van der Waals surface area (Å²) in [6.07, 6.45) is 4.67. The van der Waals surface area contributed by atoms with Crippen LogP contribution in [0.1, 0.15) is 43.4 Å². The number of carbonyl (C=O) groups excluding carboxylic acids is 1. The molecule has 2 aromatic carbocycles. The molecule has 1 amide bonds. The van der Waals surface area contributed by atoms with E-state index in [9.17, 15) is 18.3 Å². The molecule has 0 unspecified atom stereocenters. The fourth-order valence-electron chi connectivity index (χ4n) is 3.76. The van der Waals surface area contributed by atoms with Crippen LogP contribution in [0, 0.1) is 0 Å². The number of rotatable bonds is 7. The number of anilines is 1. The molecule has 1 aliphatic rings. The number of aryl methyl sites for hydroxylation is 2. The third-order valence-electron chi connectivity index (χ3n) is 5.36. The van der Waals surface area contributed by atoms with Crippen molar-refractivity contribution in [3.63, 3.8) is 0 Å². The molecule has 0 heterocycles. The Kier molecular flexibility index (Phi) is 6.59. The lowest BCUT2D eigenvalue weighted by atomic mass is 9.90. The fourth-order valence-corrected chi connectivity index (χ4v) is 5.25. The third-order valence-corrected chi connectivity index (χ3v) is 7.41. The molecule has 156 valence electrons. The molecular formula is C22H28N2O4S. The maximum absolute atomic E-state index is 12.7. The van der Waals surface area contributed by atoms with Gasteiger partial charge in [0.2, 0.25) is 15.9 Å². The SMILES string of the molecule is CCN(CC)S(=O)(=O)c1ccc(O)c(NC(=O)Cc2ccc3c(c2)CCCC3)c1. The summed E-state index contributed by atoms with van der Waals surface area (Å²) < 4.78 is 26.7. The molecule has 29 heavy (non-hydrogen) atoms. The molecule has 0 saturated carbocycles. The minimum absolute atomic E-state index is 0.0445. The Morgan fingerprint density at radius 2 is 1.72 bits per heavy atom. The number of benzene rings is 2. The Morgan fingerprint density at radius 1 is 1.03 bits per heavy atom. The number of aromatic hydroxyl groups is 1. The van der Waals surface area contributed by atoms with Gasteiger partial charge >= 0.3 is 0 Å². The Bertz CT molecular complexity index is 998. The summed E-state index contributed by atoms with van der Waals surface area (Å²) in [7, 11) is -3.67. The summed E-state index contributed by atoms with van der Waals surface area (Å²) in [5.41, 5.74) is 3.67. The van der Waals surface area contributed by atoms with Crippen LogP contribution in [-0.2, 0) is 34.1 Å². The van der Waals surface area contributed by atoms with Crippen molar-refractivity contribution in [3.05, 3.63) is 53.1 Å². The highest BCUT2D eigenvalue weighted by molar-refractivity contribution is 7.89. The second-order valence-electron chi connectivity index (χ2n) is 7.30. The first-order valence-electron chi connectivity index (χ1n) is 10.1. The van der Waals surface area contributed by atoms with E-state index in [2.05, 4.69) is 17.4 Å². The molecule has 0 radical (unpaired) electrons. The highest BCUT2D eigenvalue weighted by atomic mass is 32.2. The highest BCUT2D eigenvalue weighted by Crippen LogP contribution is 2.28. The van der Waals surface area contributed by atoms with Crippen molar-refractivity contribution in [2.45, 2.75) is 50.8 Å². The van der Waals surface area contributed by atoms with Gasteiger partial charge < -0.3 is 10.4 Å². The van der Waals surface area contributed by atoms with Crippen LogP contribution in [0.5, 0.6) is 5.75 Å². The van der Waals surface area contributed by atoms with Gasteiger partial charge in [-0.1, -0.05) is 32.0 Å². The maximum atomic E-state index is 12.7. The van der Waals surface area contributed by atoms with Crippen LogP contribution >= 0.6 is 0 Å². The highest BCUT2D eigenvalue weighted by Gasteiger charge is 2.23. The van der Waals surface area contributed by atoms with E-state index in [4.69, 9.17) is 0 Å². The lowest BCUT2D eigenvalue weighted by Crippen LogP contribution is -2.30. The second-order valence-corrected chi connectivity index (χ2v) is 9.24. The van der Waals surface area contributed by atoms with E-state index in [-0.39, 0.29) is 28.7 Å². The zero-order valence-electron chi connectivity index (χ0n) is 16.9. The lowest BCUT2D eigenvalue weighted by Gasteiger charge is -2.19. The minimum atomic E-state index is -3.67. The monoisotopic (exact) mass is 416 g/mol. The van der Waals surface area contributed by atoms with Crippen molar-refractivity contribution in [3.8, 4) is 5.75 Å². The number of nitrogens with zero attached hydrogens (tertiary/aromatic N) is 1. The van der Waals surface area contributed by atoms with E-state index in [0.717, 1.165) is 18.4 Å². The van der Waals surface area contributed by atoms with Crippen LogP contribution in [-0.4, -0.2) is 36.8 Å². The van der Waals surface area contributed by atoms with Crippen molar-refractivity contribution in [2.75, 3.05) is 18.4 Å². The fraction of sp³-hybridized carbons (Fsp3) is 0.409. The minimum Gasteiger partial charge on any atom is -0.506 e. The predicted octanol–water partition coefficient (Wildman–Crippen LogP) is 3.48. The van der Waals surface area contributed by atoms with Gasteiger partial charge in [0.15, 0.2) is 0 Å². The zero-order chi connectivity index (χ0) is 21.0. The Labute approximate surface area is 172 Å². The zero-order valence-corrected chi connectivity index (χ0v) is 17.8. The summed E-state index contributed by atoms with van der Waals surface area (Å²) >= 11 is 0. The van der Waals surface area contributed by atoms with Gasteiger partial charge in [0.1, 0.15) is 5.75 Å². The van der Waals surface area contributed by atoms with E-state index in [1.165, 1.54) is 46.5 Å². The van der Waals surface area contributed by atoms with Gasteiger partial charge in [-0.15, -0.1) is 0 Å². The molecule has 2 aromatic rings. The number of carbonyl (C=O) groups is 1. The van der Waals surface area contributed by atoms with Crippen LogP contribution in [0.3, 0.4) is 0 Å². The number of phenols is 1. The van der Waals surface area contributed by atoms with Crippen LogP contribution in [0.4, 0.5) is 5.69 Å². The van der Waals surface area contributed by atoms with E-state index < -0.39 is 10.0 Å². The van der Waals surface area contributed by atoms with Crippen LogP contribution in [0.25, 0.3) is 0 Å². The summed E-state index contributed by atoms with van der Waals surface area (Å²) in [4.78, 5) is 12.6. The average molecular weight is 417 g/mol. The van der Waals surface area contributed by atoms with Crippen molar-refractivity contribution in [1.82, 2.24) is 4.31 Å². The summed E-state index contributed by atoms with van der Waals surface area (Å²) in [6, 6.07) is 10.1. The normalized spacial score (nSPS) is 13.9. The quantitative estimate of drug-likeness (QED) is 0.677. The lowest BCUT2D eigenvalue weighted by molar-refractivity contribution is -0.115. The Hall–Kier alpha value is -2.38. The van der Waals surface area contributed by atoms with Crippen molar-refractivity contribution in [1.29, 1.82) is 0 Å². The largest absolute Gasteiger partial charge is 0.506 e. The number of hydrogen-bond acceptors (Lipinski definition) is 4. The van der Waals surface area contributed by atoms with E-state index in [1.807, 2.05) is 6.07 Å². The van der Waals surface area contributed by atoms with Gasteiger partial charge in [-0.2, -0.15) is 4.31 Å². The van der Waals surface area contributed by atoms with Gasteiger partial charge in [0.25, 0.3) is 0 Å². The Morgan fingerprint density at radius 3 is 2.41 bits per heavy atom. The van der Waals surface area contributed by atoms with Crippen LogP contribution in [0.2, 0.25) is 0 Å². The maximum Gasteiger partial charge on any atom is 0.243 e. The molecule has 7 heteroatoms. The number of nitrogens with one attached hydrogen (secondary N) is 1. The summed E-state index contributed by atoms with van der Waals surface area (Å²) in [6.45, 7) is 4.23. The van der Waals surface area contributed by atoms with E-state index >= 15 is 0 Å². The van der Waals surface area contributed by atoms with Crippen molar-refractivity contribution in [2.24, 2.45) is 0 Å². The van der Waals surface area contributed by atoms with Gasteiger partial charge in [-0.05, 0) is 60.6 Å². The topological polar surface area (TPSA) is 86.7 Å².